The summed E-state index contributed by atoms with van der Waals surface area (Å²) in [5.41, 5.74) is 1.54. The van der Waals surface area contributed by atoms with Gasteiger partial charge in [-0.05, 0) is 23.5 Å². The minimum Gasteiger partial charge on any atom is -0.393 e. The maximum atomic E-state index is 11.9. The van der Waals surface area contributed by atoms with E-state index in [0.29, 0.717) is 12.0 Å². The predicted molar refractivity (Wildman–Crippen MR) is 70.3 cm³/mol. The van der Waals surface area contributed by atoms with E-state index in [-0.39, 0.29) is 12.3 Å². The number of ether oxygens (including phenoxy) is 2. The first-order chi connectivity index (χ1) is 10.6. The molecule has 4 atom stereocenters. The van der Waals surface area contributed by atoms with Crippen molar-refractivity contribution in [1.82, 2.24) is 0 Å². The van der Waals surface area contributed by atoms with Crippen LogP contribution in [0, 0.1) is 11.8 Å². The molecule has 6 nitrogen and oxygen atoms in total. The summed E-state index contributed by atoms with van der Waals surface area (Å²) in [6, 6.07) is 7.21. The molecular weight excluding hydrogens is 288 g/mol. The Hall–Kier alpha value is -2.50. The van der Waals surface area contributed by atoms with Crippen LogP contribution in [0.5, 0.6) is 0 Å². The van der Waals surface area contributed by atoms with E-state index in [9.17, 15) is 19.2 Å². The summed E-state index contributed by atoms with van der Waals surface area (Å²) in [5.74, 6) is -4.28. The lowest BCUT2D eigenvalue weighted by atomic mass is 9.67. The number of fused-ring (bicyclic) bond motifs is 3. The van der Waals surface area contributed by atoms with Crippen molar-refractivity contribution in [3.8, 4) is 0 Å². The van der Waals surface area contributed by atoms with Crippen molar-refractivity contribution in [2.45, 2.75) is 24.7 Å². The third kappa shape index (κ3) is 1.73. The Labute approximate surface area is 125 Å². The molecule has 0 N–H and O–H groups in total. The van der Waals surface area contributed by atoms with Crippen LogP contribution in [-0.4, -0.2) is 23.9 Å². The first-order valence-corrected chi connectivity index (χ1v) is 7.15. The van der Waals surface area contributed by atoms with Crippen molar-refractivity contribution < 1.29 is 28.7 Å². The lowest BCUT2D eigenvalue weighted by Gasteiger charge is -2.32. The van der Waals surface area contributed by atoms with Gasteiger partial charge in [-0.1, -0.05) is 24.3 Å². The standard InChI is InChI=1S/C16H12O6/c17-12-6-10(14(18)21-12)9-5-11-13(16(20)22-15(11)19)8-4-2-1-3-7(8)9/h1-4,9-11,13H,5-6H2/t9-,10-,11-,13+/m0/s1. The van der Waals surface area contributed by atoms with Gasteiger partial charge >= 0.3 is 23.9 Å². The Balaban J connectivity index is 1.81. The lowest BCUT2D eigenvalue weighted by molar-refractivity contribution is -0.155. The fraction of sp³-hybridized carbons (Fsp3) is 0.375. The Morgan fingerprint density at radius 1 is 0.773 bits per heavy atom. The van der Waals surface area contributed by atoms with Crippen LogP contribution in [0.2, 0.25) is 0 Å². The number of benzene rings is 1. The predicted octanol–water partition coefficient (Wildman–Crippen LogP) is 1.05. The number of rotatable bonds is 1. The summed E-state index contributed by atoms with van der Waals surface area (Å²) in [6.07, 6.45) is 0.331. The van der Waals surface area contributed by atoms with E-state index < -0.39 is 41.6 Å². The van der Waals surface area contributed by atoms with Crippen LogP contribution in [0.3, 0.4) is 0 Å². The topological polar surface area (TPSA) is 86.7 Å². The second-order valence-corrected chi connectivity index (χ2v) is 5.90. The van der Waals surface area contributed by atoms with E-state index in [1.54, 1.807) is 12.1 Å². The largest absolute Gasteiger partial charge is 0.393 e. The molecule has 2 saturated heterocycles. The van der Waals surface area contributed by atoms with Crippen molar-refractivity contribution in [2.75, 3.05) is 0 Å². The van der Waals surface area contributed by atoms with Crippen molar-refractivity contribution in [2.24, 2.45) is 11.8 Å². The van der Waals surface area contributed by atoms with E-state index in [1.165, 1.54) is 0 Å². The molecule has 112 valence electrons. The third-order valence-electron chi connectivity index (χ3n) is 4.79. The van der Waals surface area contributed by atoms with Gasteiger partial charge in [0.25, 0.3) is 0 Å². The fourth-order valence-corrected chi connectivity index (χ4v) is 3.83. The van der Waals surface area contributed by atoms with Crippen molar-refractivity contribution in [3.05, 3.63) is 35.4 Å². The van der Waals surface area contributed by atoms with Crippen molar-refractivity contribution >= 4 is 23.9 Å². The van der Waals surface area contributed by atoms with Crippen LogP contribution in [0.1, 0.15) is 35.8 Å². The van der Waals surface area contributed by atoms with E-state index in [0.717, 1.165) is 5.56 Å². The molecule has 0 amide bonds. The van der Waals surface area contributed by atoms with Crippen LogP contribution < -0.4 is 0 Å². The molecule has 0 aromatic heterocycles. The number of esters is 4. The van der Waals surface area contributed by atoms with Gasteiger partial charge in [0, 0.05) is 0 Å². The zero-order chi connectivity index (χ0) is 15.4. The highest BCUT2D eigenvalue weighted by atomic mass is 16.6. The van der Waals surface area contributed by atoms with E-state index in [1.807, 2.05) is 12.1 Å². The SMILES string of the molecule is O=C1C[C@@H]([C@H]2C[C@@H]3C(=O)OC(=O)[C@@H]3c3ccccc32)C(=O)O1. The van der Waals surface area contributed by atoms with Crippen LogP contribution in [0.15, 0.2) is 24.3 Å². The monoisotopic (exact) mass is 300 g/mol. The average molecular weight is 300 g/mol. The number of hydrogen-bond acceptors (Lipinski definition) is 6. The molecule has 6 heteroatoms. The first-order valence-electron chi connectivity index (χ1n) is 7.15. The van der Waals surface area contributed by atoms with Gasteiger partial charge in [-0.3, -0.25) is 19.2 Å². The molecule has 3 aliphatic rings. The van der Waals surface area contributed by atoms with Crippen LogP contribution in [0.25, 0.3) is 0 Å². The Bertz CT molecular complexity index is 721. The van der Waals surface area contributed by atoms with Crippen molar-refractivity contribution in [1.29, 1.82) is 0 Å². The summed E-state index contributed by atoms with van der Waals surface area (Å²) >= 11 is 0. The van der Waals surface area contributed by atoms with E-state index in [4.69, 9.17) is 4.74 Å². The summed E-state index contributed by atoms with van der Waals surface area (Å²) < 4.78 is 9.40. The van der Waals surface area contributed by atoms with Crippen LogP contribution in [-0.2, 0) is 28.7 Å². The summed E-state index contributed by atoms with van der Waals surface area (Å²) in [5, 5.41) is 0. The summed E-state index contributed by atoms with van der Waals surface area (Å²) in [4.78, 5) is 47.1. The first kappa shape index (κ1) is 13.2. The van der Waals surface area contributed by atoms with Gasteiger partial charge in [0.15, 0.2) is 0 Å². The molecule has 1 aromatic carbocycles. The minimum absolute atomic E-state index is 0.0121. The molecule has 4 rings (SSSR count). The van der Waals surface area contributed by atoms with Crippen LogP contribution >= 0.6 is 0 Å². The molecule has 1 aromatic rings. The minimum atomic E-state index is -0.604. The van der Waals surface area contributed by atoms with Crippen LogP contribution in [0.4, 0.5) is 0 Å². The quantitative estimate of drug-likeness (QED) is 0.569. The third-order valence-corrected chi connectivity index (χ3v) is 4.79. The average Bonchev–Trinajstić information content (AvgIpc) is 2.97. The van der Waals surface area contributed by atoms with E-state index >= 15 is 0 Å². The molecule has 0 bridgehead atoms. The Morgan fingerprint density at radius 2 is 1.45 bits per heavy atom. The molecule has 2 heterocycles. The number of hydrogen-bond donors (Lipinski definition) is 0. The summed E-state index contributed by atoms with van der Waals surface area (Å²) in [7, 11) is 0. The molecule has 0 saturated carbocycles. The van der Waals surface area contributed by atoms with Gasteiger partial charge in [-0.2, -0.15) is 0 Å². The Kier molecular flexibility index (Phi) is 2.69. The van der Waals surface area contributed by atoms with Gasteiger partial charge in [0.1, 0.15) is 0 Å². The molecule has 2 aliphatic heterocycles. The fourth-order valence-electron chi connectivity index (χ4n) is 3.83. The molecule has 0 radical (unpaired) electrons. The van der Waals surface area contributed by atoms with Crippen molar-refractivity contribution in [3.63, 3.8) is 0 Å². The second kappa shape index (κ2) is 4.50. The normalized spacial score (nSPS) is 33.3. The molecule has 0 spiro atoms. The molecule has 2 fully saturated rings. The highest BCUT2D eigenvalue weighted by Gasteiger charge is 2.53. The van der Waals surface area contributed by atoms with Gasteiger partial charge < -0.3 is 9.47 Å². The number of cyclic esters (lactones) is 4. The highest BCUT2D eigenvalue weighted by molar-refractivity contribution is 6.01. The van der Waals surface area contributed by atoms with Gasteiger partial charge in [0.05, 0.1) is 24.2 Å². The summed E-state index contributed by atoms with van der Waals surface area (Å²) in [6.45, 7) is 0. The number of carbonyl (C=O) groups is 4. The molecule has 1 aliphatic carbocycles. The zero-order valence-corrected chi connectivity index (χ0v) is 11.5. The maximum absolute atomic E-state index is 11.9. The number of carbonyl (C=O) groups excluding carboxylic acids is 4. The molecule has 22 heavy (non-hydrogen) atoms. The molecular formula is C16H12O6. The van der Waals surface area contributed by atoms with Gasteiger partial charge in [0.2, 0.25) is 0 Å². The second-order valence-electron chi connectivity index (χ2n) is 5.90. The Morgan fingerprint density at radius 3 is 2.14 bits per heavy atom. The van der Waals surface area contributed by atoms with E-state index in [2.05, 4.69) is 4.74 Å². The lowest BCUT2D eigenvalue weighted by Crippen LogP contribution is -2.31. The molecule has 0 unspecified atom stereocenters. The maximum Gasteiger partial charge on any atom is 0.321 e. The smallest absolute Gasteiger partial charge is 0.321 e. The van der Waals surface area contributed by atoms with Gasteiger partial charge in [-0.25, -0.2) is 0 Å². The van der Waals surface area contributed by atoms with Gasteiger partial charge in [-0.15, -0.1) is 0 Å². The highest BCUT2D eigenvalue weighted by Crippen LogP contribution is 2.50. The zero-order valence-electron chi connectivity index (χ0n) is 11.5.